The van der Waals surface area contributed by atoms with Crippen LogP contribution in [0.1, 0.15) is 37.4 Å². The summed E-state index contributed by atoms with van der Waals surface area (Å²) in [5.41, 5.74) is 1.75. The molecule has 0 aromatic heterocycles. The third-order valence-electron chi connectivity index (χ3n) is 4.21. The Labute approximate surface area is 156 Å². The van der Waals surface area contributed by atoms with E-state index in [2.05, 4.69) is 21.2 Å². The molecule has 3 rings (SSSR count). The molecule has 0 aliphatic carbocycles. The number of hydrogen-bond acceptors (Lipinski definition) is 3. The molecule has 1 atom stereocenters. The summed E-state index contributed by atoms with van der Waals surface area (Å²) in [4.78, 5) is 12.4. The molecule has 2 aromatic carbocycles. The van der Waals surface area contributed by atoms with Gasteiger partial charge in [0.2, 0.25) is 0 Å². The summed E-state index contributed by atoms with van der Waals surface area (Å²) < 4.78 is 12.6. The fourth-order valence-corrected chi connectivity index (χ4v) is 3.27. The largest absolute Gasteiger partial charge is 0.487 e. The van der Waals surface area contributed by atoms with Gasteiger partial charge < -0.3 is 14.8 Å². The minimum atomic E-state index is -0.323. The van der Waals surface area contributed by atoms with E-state index < -0.39 is 0 Å². The average Bonchev–Trinajstić information content (AvgIpc) is 2.55. The van der Waals surface area contributed by atoms with Crippen LogP contribution in [0.3, 0.4) is 0 Å². The number of nitrogens with one attached hydrogen (secondary N) is 1. The summed E-state index contributed by atoms with van der Waals surface area (Å²) >= 11 is 3.45. The van der Waals surface area contributed by atoms with E-state index in [1.807, 2.05) is 63.2 Å². The van der Waals surface area contributed by atoms with Crippen molar-refractivity contribution in [1.29, 1.82) is 0 Å². The van der Waals surface area contributed by atoms with Gasteiger partial charge in [-0.3, -0.25) is 4.79 Å². The highest BCUT2D eigenvalue weighted by Gasteiger charge is 2.34. The Morgan fingerprint density at radius 2 is 2.08 bits per heavy atom. The van der Waals surface area contributed by atoms with E-state index in [4.69, 9.17) is 9.47 Å². The van der Waals surface area contributed by atoms with E-state index in [9.17, 15) is 4.79 Å². The van der Waals surface area contributed by atoms with Crippen molar-refractivity contribution in [2.45, 2.75) is 38.8 Å². The number of amides is 1. The molecule has 1 unspecified atom stereocenters. The van der Waals surface area contributed by atoms with Crippen molar-refractivity contribution in [2.24, 2.45) is 0 Å². The smallest absolute Gasteiger partial charge is 0.258 e. The normalized spacial score (nSPS) is 18.0. The molecule has 4 nitrogen and oxygen atoms in total. The van der Waals surface area contributed by atoms with Crippen molar-refractivity contribution in [3.8, 4) is 11.5 Å². The first-order chi connectivity index (χ1) is 11.8. The van der Waals surface area contributed by atoms with Crippen molar-refractivity contribution in [2.75, 3.05) is 6.61 Å². The van der Waals surface area contributed by atoms with Crippen LogP contribution in [-0.4, -0.2) is 18.1 Å². The first kappa shape index (κ1) is 17.8. The van der Waals surface area contributed by atoms with Gasteiger partial charge in [0.15, 0.2) is 6.61 Å². The summed E-state index contributed by atoms with van der Waals surface area (Å²) in [5.74, 6) is 1.37. The molecule has 0 radical (unpaired) electrons. The molecule has 25 heavy (non-hydrogen) atoms. The van der Waals surface area contributed by atoms with Crippen LogP contribution < -0.4 is 14.8 Å². The van der Waals surface area contributed by atoms with Gasteiger partial charge in [-0.1, -0.05) is 34.1 Å². The second-order valence-electron chi connectivity index (χ2n) is 6.92. The molecule has 0 fully saturated rings. The molecule has 1 aliphatic rings. The minimum absolute atomic E-state index is 0.0129. The Balaban J connectivity index is 1.65. The second kappa shape index (κ2) is 7.08. The lowest BCUT2D eigenvalue weighted by Gasteiger charge is -2.37. The minimum Gasteiger partial charge on any atom is -0.487 e. The Morgan fingerprint density at radius 1 is 1.32 bits per heavy atom. The predicted octanol–water partition coefficient (Wildman–Crippen LogP) is 4.55. The lowest BCUT2D eigenvalue weighted by molar-refractivity contribution is -0.124. The van der Waals surface area contributed by atoms with Crippen molar-refractivity contribution in [3.05, 3.63) is 58.1 Å². The third kappa shape index (κ3) is 4.34. The van der Waals surface area contributed by atoms with Crippen molar-refractivity contribution >= 4 is 21.8 Å². The first-order valence-electron chi connectivity index (χ1n) is 8.30. The van der Waals surface area contributed by atoms with Crippen LogP contribution in [0.5, 0.6) is 11.5 Å². The SMILES string of the molecule is Cc1cc(OCC(=O)NC2CC(C)(C)Oc3ccccc32)ccc1Br. The van der Waals surface area contributed by atoms with Crippen molar-refractivity contribution in [1.82, 2.24) is 5.32 Å². The second-order valence-corrected chi connectivity index (χ2v) is 7.78. The van der Waals surface area contributed by atoms with E-state index in [1.54, 1.807) is 0 Å². The van der Waals surface area contributed by atoms with Gasteiger partial charge in [0, 0.05) is 16.5 Å². The Morgan fingerprint density at radius 3 is 2.84 bits per heavy atom. The molecule has 2 aromatic rings. The zero-order valence-electron chi connectivity index (χ0n) is 14.6. The van der Waals surface area contributed by atoms with Crippen LogP contribution >= 0.6 is 15.9 Å². The van der Waals surface area contributed by atoms with Crippen LogP contribution in [0.15, 0.2) is 46.9 Å². The molecular weight excluding hydrogens is 382 g/mol. The molecule has 1 aliphatic heterocycles. The highest BCUT2D eigenvalue weighted by Crippen LogP contribution is 2.39. The number of carbonyl (C=O) groups excluding carboxylic acids is 1. The zero-order chi connectivity index (χ0) is 18.0. The predicted molar refractivity (Wildman–Crippen MR) is 101 cm³/mol. The summed E-state index contributed by atoms with van der Waals surface area (Å²) in [7, 11) is 0. The monoisotopic (exact) mass is 403 g/mol. The zero-order valence-corrected chi connectivity index (χ0v) is 16.2. The summed E-state index contributed by atoms with van der Waals surface area (Å²) in [6.45, 7) is 6.03. The standard InChI is InChI=1S/C20H22BrNO3/c1-13-10-14(8-9-16(13)21)24-12-19(23)22-17-11-20(2,3)25-18-7-5-4-6-15(17)18/h4-10,17H,11-12H2,1-3H3,(H,22,23). The Bertz CT molecular complexity index is 788. The van der Waals surface area contributed by atoms with Gasteiger partial charge in [0.25, 0.3) is 5.91 Å². The molecule has 1 N–H and O–H groups in total. The number of halogens is 1. The number of hydrogen-bond donors (Lipinski definition) is 1. The van der Waals surface area contributed by atoms with Gasteiger partial charge in [-0.05, 0) is 50.6 Å². The van der Waals surface area contributed by atoms with E-state index in [0.29, 0.717) is 12.2 Å². The van der Waals surface area contributed by atoms with Gasteiger partial charge in [-0.25, -0.2) is 0 Å². The summed E-state index contributed by atoms with van der Waals surface area (Å²) in [6, 6.07) is 13.4. The molecule has 0 saturated heterocycles. The number of fused-ring (bicyclic) bond motifs is 1. The number of benzene rings is 2. The molecular formula is C20H22BrNO3. The molecule has 0 spiro atoms. The van der Waals surface area contributed by atoms with Crippen molar-refractivity contribution in [3.63, 3.8) is 0 Å². The van der Waals surface area contributed by atoms with Crippen LogP contribution in [0, 0.1) is 6.92 Å². The van der Waals surface area contributed by atoms with E-state index >= 15 is 0 Å². The first-order valence-corrected chi connectivity index (χ1v) is 9.10. The van der Waals surface area contributed by atoms with Crippen LogP contribution in [0.4, 0.5) is 0 Å². The molecule has 1 amide bonds. The quantitative estimate of drug-likeness (QED) is 0.813. The maximum Gasteiger partial charge on any atom is 0.258 e. The van der Waals surface area contributed by atoms with Gasteiger partial charge in [0.1, 0.15) is 17.1 Å². The van der Waals surface area contributed by atoms with Gasteiger partial charge in [-0.2, -0.15) is 0 Å². The van der Waals surface area contributed by atoms with Crippen LogP contribution in [0.25, 0.3) is 0 Å². The van der Waals surface area contributed by atoms with Gasteiger partial charge in [0.05, 0.1) is 6.04 Å². The lowest BCUT2D eigenvalue weighted by Crippen LogP contribution is -2.42. The Hall–Kier alpha value is -2.01. The van der Waals surface area contributed by atoms with Gasteiger partial charge in [-0.15, -0.1) is 0 Å². The van der Waals surface area contributed by atoms with E-state index in [0.717, 1.165) is 21.3 Å². The fraction of sp³-hybridized carbons (Fsp3) is 0.350. The molecule has 0 bridgehead atoms. The number of para-hydroxylation sites is 1. The van der Waals surface area contributed by atoms with Crippen LogP contribution in [0.2, 0.25) is 0 Å². The molecule has 5 heteroatoms. The van der Waals surface area contributed by atoms with E-state index in [1.165, 1.54) is 0 Å². The number of rotatable bonds is 4. The summed E-state index contributed by atoms with van der Waals surface area (Å²) in [5, 5.41) is 3.07. The number of aryl methyl sites for hydroxylation is 1. The maximum absolute atomic E-state index is 12.4. The maximum atomic E-state index is 12.4. The number of carbonyl (C=O) groups is 1. The fourth-order valence-electron chi connectivity index (χ4n) is 3.02. The Kier molecular flexibility index (Phi) is 5.04. The summed E-state index contributed by atoms with van der Waals surface area (Å²) in [6.07, 6.45) is 0.715. The molecule has 132 valence electrons. The highest BCUT2D eigenvalue weighted by atomic mass is 79.9. The highest BCUT2D eigenvalue weighted by molar-refractivity contribution is 9.10. The van der Waals surface area contributed by atoms with Crippen molar-refractivity contribution < 1.29 is 14.3 Å². The van der Waals surface area contributed by atoms with Crippen LogP contribution in [-0.2, 0) is 4.79 Å². The topological polar surface area (TPSA) is 47.6 Å². The average molecular weight is 404 g/mol. The lowest BCUT2D eigenvalue weighted by atomic mass is 9.90. The van der Waals surface area contributed by atoms with E-state index in [-0.39, 0.29) is 24.2 Å². The molecule has 0 saturated carbocycles. The van der Waals surface area contributed by atoms with Gasteiger partial charge >= 0.3 is 0 Å². The third-order valence-corrected chi connectivity index (χ3v) is 5.10. The molecule has 1 heterocycles. The number of ether oxygens (including phenoxy) is 2.